The molecule has 0 bridgehead atoms. The normalized spacial score (nSPS) is 12.3. The van der Waals surface area contributed by atoms with E-state index in [9.17, 15) is 0 Å². The van der Waals surface area contributed by atoms with Gasteiger partial charge in [-0.1, -0.05) is 42.8 Å². The maximum absolute atomic E-state index is 6.13. The van der Waals surface area contributed by atoms with Crippen molar-refractivity contribution in [1.29, 1.82) is 0 Å². The van der Waals surface area contributed by atoms with Gasteiger partial charge in [-0.05, 0) is 23.5 Å². The lowest BCUT2D eigenvalue weighted by atomic mass is 10.2. The van der Waals surface area contributed by atoms with Crippen LogP contribution in [-0.2, 0) is 0 Å². The lowest BCUT2D eigenvalue weighted by Gasteiger charge is -2.12. The zero-order chi connectivity index (χ0) is 11.2. The van der Waals surface area contributed by atoms with Gasteiger partial charge in [0.15, 0.2) is 0 Å². The summed E-state index contributed by atoms with van der Waals surface area (Å²) in [5.41, 5.74) is 0.999. The smallest absolute Gasteiger partial charge is 0.0982 e. The van der Waals surface area contributed by atoms with Gasteiger partial charge in [0.2, 0.25) is 0 Å². The Morgan fingerprint density at radius 3 is 2.33 bits per heavy atom. The Balaban J connectivity index is 2.71. The van der Waals surface area contributed by atoms with Gasteiger partial charge in [-0.15, -0.1) is 0 Å². The second kappa shape index (κ2) is 3.54. The highest BCUT2D eigenvalue weighted by Crippen LogP contribution is 2.26. The first-order valence-electron chi connectivity index (χ1n) is 4.86. The van der Waals surface area contributed by atoms with E-state index in [-0.39, 0.29) is 0 Å². The molecule has 15 heavy (non-hydrogen) atoms. The van der Waals surface area contributed by atoms with E-state index in [1.165, 1.54) is 5.32 Å². The number of H-pyrrole nitrogens is 1. The van der Waals surface area contributed by atoms with Crippen molar-refractivity contribution in [2.75, 3.05) is 0 Å². The van der Waals surface area contributed by atoms with E-state index < -0.39 is 8.07 Å². The van der Waals surface area contributed by atoms with Crippen molar-refractivity contribution in [2.45, 2.75) is 19.6 Å². The van der Waals surface area contributed by atoms with E-state index >= 15 is 0 Å². The Kier molecular flexibility index (Phi) is 2.61. The largest absolute Gasteiger partial charge is 0.361 e. The number of aromatic nitrogens is 1. The Bertz CT molecular complexity index is 511. The first-order chi connectivity index (χ1) is 6.88. The summed E-state index contributed by atoms with van der Waals surface area (Å²) in [5.74, 6) is 0. The van der Waals surface area contributed by atoms with Crippen molar-refractivity contribution < 1.29 is 0 Å². The van der Waals surface area contributed by atoms with E-state index in [1.807, 2.05) is 6.07 Å². The molecule has 1 aromatic heterocycles. The van der Waals surface area contributed by atoms with Gasteiger partial charge < -0.3 is 4.98 Å². The monoisotopic (exact) mass is 257 g/mol. The molecule has 1 aromatic carbocycles. The standard InChI is InChI=1S/C11H13Cl2NSi/c1-15(2,3)10-5-7-4-8(12)6-9(13)11(7)14-10/h4-6,14H,1-3H3. The fraction of sp³-hybridized carbons (Fsp3) is 0.273. The molecular formula is C11H13Cl2NSi. The highest BCUT2D eigenvalue weighted by molar-refractivity contribution is 6.88. The molecule has 2 rings (SSSR count). The summed E-state index contributed by atoms with van der Waals surface area (Å²) >= 11 is 12.1. The van der Waals surface area contributed by atoms with Crippen LogP contribution >= 0.6 is 23.2 Å². The van der Waals surface area contributed by atoms with E-state index in [2.05, 4.69) is 30.7 Å². The van der Waals surface area contributed by atoms with Gasteiger partial charge in [0.25, 0.3) is 0 Å². The van der Waals surface area contributed by atoms with Gasteiger partial charge in [0.05, 0.1) is 18.6 Å². The van der Waals surface area contributed by atoms with Gasteiger partial charge >= 0.3 is 0 Å². The van der Waals surface area contributed by atoms with Crippen LogP contribution in [0.4, 0.5) is 0 Å². The molecule has 0 unspecified atom stereocenters. The maximum Gasteiger partial charge on any atom is 0.0982 e. The van der Waals surface area contributed by atoms with Crippen LogP contribution in [0.2, 0.25) is 29.7 Å². The van der Waals surface area contributed by atoms with Crippen molar-refractivity contribution in [3.8, 4) is 0 Å². The van der Waals surface area contributed by atoms with Crippen molar-refractivity contribution in [3.05, 3.63) is 28.2 Å². The summed E-state index contributed by atoms with van der Waals surface area (Å²) in [5, 5.41) is 3.79. The molecule has 2 aromatic rings. The van der Waals surface area contributed by atoms with Gasteiger partial charge in [-0.25, -0.2) is 0 Å². The second-order valence-corrected chi connectivity index (χ2v) is 10.7. The third kappa shape index (κ3) is 2.07. The molecule has 0 aliphatic heterocycles. The third-order valence-corrected chi connectivity index (χ3v) is 4.85. The average Bonchev–Trinajstić information content (AvgIpc) is 2.46. The number of hydrogen-bond donors (Lipinski definition) is 1. The highest BCUT2D eigenvalue weighted by Gasteiger charge is 2.19. The summed E-state index contributed by atoms with van der Waals surface area (Å²) in [7, 11) is -1.31. The molecule has 0 radical (unpaired) electrons. The molecule has 0 aliphatic carbocycles. The van der Waals surface area contributed by atoms with Crippen molar-refractivity contribution >= 4 is 47.5 Å². The van der Waals surface area contributed by atoms with Crippen LogP contribution in [0.15, 0.2) is 18.2 Å². The summed E-state index contributed by atoms with van der Waals surface area (Å²) in [6, 6.07) is 5.89. The van der Waals surface area contributed by atoms with Crippen molar-refractivity contribution in [2.24, 2.45) is 0 Å². The molecule has 0 fully saturated rings. The predicted octanol–water partition coefficient (Wildman–Crippen LogP) is 4.02. The highest BCUT2D eigenvalue weighted by atomic mass is 35.5. The lowest BCUT2D eigenvalue weighted by molar-refractivity contribution is 1.50. The van der Waals surface area contributed by atoms with Crippen LogP contribution in [0.25, 0.3) is 10.9 Å². The topological polar surface area (TPSA) is 15.8 Å². The molecule has 1 N–H and O–H groups in total. The summed E-state index contributed by atoms with van der Waals surface area (Å²) in [6.45, 7) is 6.90. The Hall–Kier alpha value is -0.443. The van der Waals surface area contributed by atoms with Gasteiger partial charge in [-0.3, -0.25) is 0 Å². The number of benzene rings is 1. The maximum atomic E-state index is 6.13. The molecule has 80 valence electrons. The molecule has 0 amide bonds. The molecule has 0 saturated heterocycles. The predicted molar refractivity (Wildman–Crippen MR) is 71.3 cm³/mol. The van der Waals surface area contributed by atoms with Crippen LogP contribution in [0.5, 0.6) is 0 Å². The molecule has 0 atom stereocenters. The molecule has 1 nitrogen and oxygen atoms in total. The van der Waals surface area contributed by atoms with E-state index in [4.69, 9.17) is 23.2 Å². The van der Waals surface area contributed by atoms with Crippen LogP contribution in [0.1, 0.15) is 0 Å². The minimum atomic E-state index is -1.31. The second-order valence-electron chi connectivity index (χ2n) is 4.78. The van der Waals surface area contributed by atoms with Gasteiger partial charge in [-0.2, -0.15) is 0 Å². The zero-order valence-corrected chi connectivity index (χ0v) is 11.5. The van der Waals surface area contributed by atoms with Gasteiger partial charge in [0.1, 0.15) is 0 Å². The summed E-state index contributed by atoms with van der Waals surface area (Å²) < 4.78 is 0. The fourth-order valence-corrected chi connectivity index (χ4v) is 3.21. The SMILES string of the molecule is C[Si](C)(C)c1cc2cc(Cl)cc(Cl)c2[nH]1. The molecular weight excluding hydrogens is 245 g/mol. The lowest BCUT2D eigenvalue weighted by Crippen LogP contribution is -2.38. The molecule has 1 heterocycles. The van der Waals surface area contributed by atoms with E-state index in [1.54, 1.807) is 6.07 Å². The first kappa shape index (κ1) is 11.1. The summed E-state index contributed by atoms with van der Waals surface area (Å²) in [4.78, 5) is 3.40. The van der Waals surface area contributed by atoms with Crippen molar-refractivity contribution in [3.63, 3.8) is 0 Å². The quantitative estimate of drug-likeness (QED) is 0.743. The molecule has 0 saturated carbocycles. The summed E-state index contributed by atoms with van der Waals surface area (Å²) in [6.07, 6.45) is 0. The Morgan fingerprint density at radius 1 is 1.07 bits per heavy atom. The molecule has 0 spiro atoms. The third-order valence-electron chi connectivity index (χ3n) is 2.45. The number of fused-ring (bicyclic) bond motifs is 1. The number of nitrogens with one attached hydrogen (secondary N) is 1. The fourth-order valence-electron chi connectivity index (χ4n) is 1.57. The minimum absolute atomic E-state index is 0.689. The van der Waals surface area contributed by atoms with E-state index in [0.717, 1.165) is 10.9 Å². The number of rotatable bonds is 1. The molecule has 0 aliphatic rings. The van der Waals surface area contributed by atoms with Gasteiger partial charge in [0, 0.05) is 10.4 Å². The number of aromatic amines is 1. The minimum Gasteiger partial charge on any atom is -0.361 e. The number of halogens is 2. The Morgan fingerprint density at radius 2 is 1.73 bits per heavy atom. The van der Waals surface area contributed by atoms with Crippen LogP contribution in [0, 0.1) is 0 Å². The zero-order valence-electron chi connectivity index (χ0n) is 8.99. The van der Waals surface area contributed by atoms with Crippen LogP contribution in [0.3, 0.4) is 0 Å². The van der Waals surface area contributed by atoms with Crippen molar-refractivity contribution in [1.82, 2.24) is 4.98 Å². The van der Waals surface area contributed by atoms with E-state index in [0.29, 0.717) is 10.0 Å². The number of hydrogen-bond acceptors (Lipinski definition) is 0. The molecule has 4 heteroatoms. The average molecular weight is 258 g/mol. The van der Waals surface area contributed by atoms with Crippen LogP contribution < -0.4 is 5.32 Å². The first-order valence-corrected chi connectivity index (χ1v) is 9.12. The van der Waals surface area contributed by atoms with Crippen LogP contribution in [-0.4, -0.2) is 13.1 Å². The Labute approximate surface area is 100 Å².